The van der Waals surface area contributed by atoms with Crippen LogP contribution in [-0.4, -0.2) is 59.3 Å². The van der Waals surface area contributed by atoms with Gasteiger partial charge in [0, 0.05) is 38.0 Å². The number of carbonyl (C=O) groups excluding carboxylic acids is 1. The first-order valence-electron chi connectivity index (χ1n) is 11.9. The lowest BCUT2D eigenvalue weighted by molar-refractivity contribution is -0.139. The number of aromatic nitrogens is 2. The van der Waals surface area contributed by atoms with Crippen LogP contribution in [0.25, 0.3) is 10.9 Å². The first-order valence-corrected chi connectivity index (χ1v) is 11.9. The van der Waals surface area contributed by atoms with E-state index in [9.17, 15) is 14.7 Å². The predicted molar refractivity (Wildman–Crippen MR) is 137 cm³/mol. The van der Waals surface area contributed by atoms with Gasteiger partial charge in [-0.25, -0.2) is 14.6 Å². The van der Waals surface area contributed by atoms with Crippen LogP contribution in [0.15, 0.2) is 54.6 Å². The van der Waals surface area contributed by atoms with Crippen molar-refractivity contribution in [3.05, 3.63) is 60.2 Å². The fourth-order valence-electron chi connectivity index (χ4n) is 4.47. The molecule has 184 valence electrons. The average molecular weight is 477 g/mol. The van der Waals surface area contributed by atoms with Crippen molar-refractivity contribution in [1.29, 1.82) is 0 Å². The second-order valence-corrected chi connectivity index (χ2v) is 9.17. The Morgan fingerprint density at radius 1 is 0.971 bits per heavy atom. The van der Waals surface area contributed by atoms with Gasteiger partial charge in [-0.2, -0.15) is 4.98 Å². The number of anilines is 2. The van der Waals surface area contributed by atoms with E-state index >= 15 is 0 Å². The van der Waals surface area contributed by atoms with E-state index in [0.717, 1.165) is 48.0 Å². The van der Waals surface area contributed by atoms with Crippen molar-refractivity contribution in [2.75, 3.05) is 24.3 Å². The number of para-hydroxylation sites is 1. The number of hydrogen-bond donors (Lipinski definition) is 4. The number of urea groups is 1. The minimum absolute atomic E-state index is 0.00548. The molecule has 0 unspecified atom stereocenters. The minimum atomic E-state index is -1.05. The largest absolute Gasteiger partial charge is 0.480 e. The summed E-state index contributed by atoms with van der Waals surface area (Å²) in [5.41, 5.74) is 1.75. The van der Waals surface area contributed by atoms with Gasteiger partial charge >= 0.3 is 12.0 Å². The standard InChI is InChI=1S/C26H32N6O3/c1-32(2)23-20-10-6-7-11-21(20)29-25(31-23)27-18-12-14-19(15-13-18)28-26(35)30-22(24(33)34)16-17-8-4-3-5-9-17/h3-11,18-19,22H,12-16H2,1-2H3,(H,33,34)(H,27,29,31)(H2,28,30,35)/t18?,19?,22-/m0/s1. The van der Waals surface area contributed by atoms with Gasteiger partial charge in [-0.05, 0) is 43.4 Å². The average Bonchev–Trinajstić information content (AvgIpc) is 2.85. The molecule has 35 heavy (non-hydrogen) atoms. The van der Waals surface area contributed by atoms with Crippen molar-refractivity contribution in [1.82, 2.24) is 20.6 Å². The molecular weight excluding hydrogens is 444 g/mol. The Morgan fingerprint density at radius 2 is 1.63 bits per heavy atom. The highest BCUT2D eigenvalue weighted by Crippen LogP contribution is 2.26. The highest BCUT2D eigenvalue weighted by molar-refractivity contribution is 5.90. The summed E-state index contributed by atoms with van der Waals surface area (Å²) >= 11 is 0. The van der Waals surface area contributed by atoms with Crippen LogP contribution in [0.5, 0.6) is 0 Å². The highest BCUT2D eigenvalue weighted by atomic mass is 16.4. The normalized spacial score (nSPS) is 18.5. The summed E-state index contributed by atoms with van der Waals surface area (Å²) in [4.78, 5) is 35.5. The van der Waals surface area contributed by atoms with Gasteiger partial charge < -0.3 is 26.0 Å². The van der Waals surface area contributed by atoms with E-state index in [1.807, 2.05) is 73.6 Å². The molecule has 0 radical (unpaired) electrons. The quantitative estimate of drug-likeness (QED) is 0.393. The molecule has 0 saturated heterocycles. The third-order valence-electron chi connectivity index (χ3n) is 6.29. The number of rotatable bonds is 8. The van der Waals surface area contributed by atoms with Crippen molar-refractivity contribution < 1.29 is 14.7 Å². The van der Waals surface area contributed by atoms with Crippen molar-refractivity contribution in [2.45, 2.75) is 50.2 Å². The van der Waals surface area contributed by atoms with E-state index in [2.05, 4.69) is 20.9 Å². The zero-order chi connectivity index (χ0) is 24.8. The molecule has 1 aliphatic rings. The van der Waals surface area contributed by atoms with Crippen LogP contribution in [0, 0.1) is 0 Å². The Morgan fingerprint density at radius 3 is 2.31 bits per heavy atom. The lowest BCUT2D eigenvalue weighted by atomic mass is 9.91. The van der Waals surface area contributed by atoms with Gasteiger partial charge in [-0.1, -0.05) is 42.5 Å². The summed E-state index contributed by atoms with van der Waals surface area (Å²) < 4.78 is 0. The number of carboxylic acid groups (broad SMARTS) is 1. The number of hydrogen-bond acceptors (Lipinski definition) is 6. The molecule has 0 spiro atoms. The van der Waals surface area contributed by atoms with E-state index in [4.69, 9.17) is 4.98 Å². The van der Waals surface area contributed by atoms with E-state index < -0.39 is 18.0 Å². The second kappa shape index (κ2) is 11.0. The van der Waals surface area contributed by atoms with Crippen LogP contribution < -0.4 is 20.9 Å². The molecule has 2 amide bonds. The zero-order valence-corrected chi connectivity index (χ0v) is 20.1. The summed E-state index contributed by atoms with van der Waals surface area (Å²) in [6, 6.07) is 16.0. The summed E-state index contributed by atoms with van der Waals surface area (Å²) in [7, 11) is 3.94. The number of carboxylic acids is 1. The van der Waals surface area contributed by atoms with Gasteiger partial charge in [-0.3, -0.25) is 0 Å². The van der Waals surface area contributed by atoms with Crippen LogP contribution in [0.4, 0.5) is 16.6 Å². The first kappa shape index (κ1) is 24.3. The second-order valence-electron chi connectivity index (χ2n) is 9.17. The Hall–Kier alpha value is -3.88. The third kappa shape index (κ3) is 6.38. The molecule has 1 fully saturated rings. The summed E-state index contributed by atoms with van der Waals surface area (Å²) in [6.07, 6.45) is 3.52. The Bertz CT molecular complexity index is 1160. The maximum atomic E-state index is 12.5. The number of nitrogens with one attached hydrogen (secondary N) is 3. The van der Waals surface area contributed by atoms with Gasteiger partial charge in [0.1, 0.15) is 11.9 Å². The van der Waals surface area contributed by atoms with Crippen LogP contribution in [-0.2, 0) is 11.2 Å². The number of nitrogens with zero attached hydrogens (tertiary/aromatic N) is 3. The summed E-state index contributed by atoms with van der Waals surface area (Å²) in [5, 5.41) is 19.5. The molecule has 3 aromatic rings. The summed E-state index contributed by atoms with van der Waals surface area (Å²) in [5.74, 6) is 0.421. The maximum Gasteiger partial charge on any atom is 0.326 e. The number of amides is 2. The SMILES string of the molecule is CN(C)c1nc(NC2CCC(NC(=O)N[C@@H](Cc3ccccc3)C(=O)O)CC2)nc2ccccc12. The third-order valence-corrected chi connectivity index (χ3v) is 6.29. The Kier molecular flexibility index (Phi) is 7.64. The fraction of sp³-hybridized carbons (Fsp3) is 0.385. The minimum Gasteiger partial charge on any atom is -0.480 e. The Balaban J connectivity index is 1.29. The predicted octanol–water partition coefficient (Wildman–Crippen LogP) is 3.41. The number of fused-ring (bicyclic) bond motifs is 1. The van der Waals surface area contributed by atoms with Gasteiger partial charge in [0.05, 0.1) is 5.52 Å². The summed E-state index contributed by atoms with van der Waals surface area (Å²) in [6.45, 7) is 0. The molecule has 4 rings (SSSR count). The number of benzene rings is 2. The van der Waals surface area contributed by atoms with Gasteiger partial charge in [0.2, 0.25) is 5.95 Å². The van der Waals surface area contributed by atoms with Gasteiger partial charge in [0.15, 0.2) is 0 Å². The van der Waals surface area contributed by atoms with Crippen molar-refractivity contribution >= 4 is 34.7 Å². The van der Waals surface area contributed by atoms with Crippen LogP contribution in [0.2, 0.25) is 0 Å². The Labute approximate surface area is 205 Å². The molecule has 1 atom stereocenters. The molecule has 9 heteroatoms. The van der Waals surface area contributed by atoms with Gasteiger partial charge in [-0.15, -0.1) is 0 Å². The molecule has 1 aromatic heterocycles. The molecular formula is C26H32N6O3. The maximum absolute atomic E-state index is 12.5. The van der Waals surface area contributed by atoms with Crippen LogP contribution in [0.3, 0.4) is 0 Å². The molecule has 1 saturated carbocycles. The zero-order valence-electron chi connectivity index (χ0n) is 20.1. The van der Waals surface area contributed by atoms with Crippen LogP contribution in [0.1, 0.15) is 31.2 Å². The van der Waals surface area contributed by atoms with E-state index in [0.29, 0.717) is 5.95 Å². The van der Waals surface area contributed by atoms with Gasteiger partial charge in [0.25, 0.3) is 0 Å². The van der Waals surface area contributed by atoms with Crippen molar-refractivity contribution in [3.63, 3.8) is 0 Å². The van der Waals surface area contributed by atoms with Crippen molar-refractivity contribution in [2.24, 2.45) is 0 Å². The van der Waals surface area contributed by atoms with E-state index in [-0.39, 0.29) is 18.5 Å². The molecule has 2 aromatic carbocycles. The lowest BCUT2D eigenvalue weighted by Crippen LogP contribution is -2.50. The molecule has 0 bridgehead atoms. The molecule has 1 heterocycles. The highest BCUT2D eigenvalue weighted by Gasteiger charge is 2.26. The molecule has 9 nitrogen and oxygen atoms in total. The van der Waals surface area contributed by atoms with E-state index in [1.54, 1.807) is 0 Å². The number of carbonyl (C=O) groups is 2. The van der Waals surface area contributed by atoms with Crippen LogP contribution >= 0.6 is 0 Å². The fourth-order valence-corrected chi connectivity index (χ4v) is 4.47. The first-order chi connectivity index (χ1) is 16.9. The van der Waals surface area contributed by atoms with E-state index in [1.165, 1.54) is 0 Å². The monoisotopic (exact) mass is 476 g/mol. The lowest BCUT2D eigenvalue weighted by Gasteiger charge is -2.30. The molecule has 1 aliphatic carbocycles. The molecule has 0 aliphatic heterocycles. The smallest absolute Gasteiger partial charge is 0.326 e. The number of aliphatic carboxylic acids is 1. The molecule has 4 N–H and O–H groups in total. The topological polar surface area (TPSA) is 119 Å². The van der Waals surface area contributed by atoms with Crippen molar-refractivity contribution in [3.8, 4) is 0 Å².